The zero-order valence-corrected chi connectivity index (χ0v) is 22.4. The summed E-state index contributed by atoms with van der Waals surface area (Å²) in [7, 11) is 0. The van der Waals surface area contributed by atoms with Crippen molar-refractivity contribution in [2.75, 3.05) is 11.4 Å². The minimum atomic E-state index is -6.05. The van der Waals surface area contributed by atoms with Crippen LogP contribution in [-0.4, -0.2) is 36.0 Å². The van der Waals surface area contributed by atoms with Crippen LogP contribution in [0.3, 0.4) is 0 Å². The first kappa shape index (κ1) is 30.0. The molecule has 12 heteroatoms. The normalized spacial score (nSPS) is 17.1. The second-order valence-corrected chi connectivity index (χ2v) is 10.2. The first-order chi connectivity index (χ1) is 18.6. The van der Waals surface area contributed by atoms with Gasteiger partial charge < -0.3 is 14.7 Å². The van der Waals surface area contributed by atoms with Crippen molar-refractivity contribution >= 4 is 34.8 Å². The summed E-state index contributed by atoms with van der Waals surface area (Å²) < 4.78 is 87.6. The van der Waals surface area contributed by atoms with E-state index >= 15 is 0 Å². The lowest BCUT2D eigenvalue weighted by atomic mass is 9.89. The number of aryl methyl sites for hydroxylation is 1. The molecular weight excluding hydrogens is 583 g/mol. The van der Waals surface area contributed by atoms with Gasteiger partial charge in [0.1, 0.15) is 16.9 Å². The third kappa shape index (κ3) is 5.62. The molecule has 1 N–H and O–H groups in total. The summed E-state index contributed by atoms with van der Waals surface area (Å²) in [4.78, 5) is 15.0. The molecule has 4 nitrogen and oxygen atoms in total. The Hall–Kier alpha value is -2.95. The first-order valence-corrected chi connectivity index (χ1v) is 12.9. The third-order valence-corrected chi connectivity index (χ3v) is 7.68. The molecule has 0 aliphatic carbocycles. The molecule has 0 saturated carbocycles. The maximum atomic E-state index is 13.7. The summed E-state index contributed by atoms with van der Waals surface area (Å²) in [6, 6.07) is 15.6. The topological polar surface area (TPSA) is 49.8 Å². The molecule has 2 atom stereocenters. The number of hydrogen-bond acceptors (Lipinski definition) is 3. The lowest BCUT2D eigenvalue weighted by Gasteiger charge is -2.34. The fraction of sp³-hybridized carbons (Fsp3) is 0.321. The zero-order chi connectivity index (χ0) is 29.5. The Balaban J connectivity index is 1.78. The van der Waals surface area contributed by atoms with Crippen LogP contribution in [-0.2, 0) is 16.8 Å². The van der Waals surface area contributed by atoms with Crippen molar-refractivity contribution in [3.63, 3.8) is 0 Å². The van der Waals surface area contributed by atoms with Crippen LogP contribution in [0.2, 0.25) is 10.0 Å². The van der Waals surface area contributed by atoms with Crippen LogP contribution in [0, 0.1) is 0 Å². The standard InChI is InChI=1S/C28H23Cl2F6NO3/c1-16(17-6-3-2-4-7-17)25(38)37-15-20(40-23-9-5-8-21(29)24(23)30)12-10-18-14-19(11-13-22(18)37)26(39,27(31,32)33)28(34,35)36/h2-9,11,13-14,16,20,39H,10,12,15H2,1H3/t16-,20-/m0/s1. The molecule has 0 fully saturated rings. The van der Waals surface area contributed by atoms with Gasteiger partial charge in [-0.05, 0) is 49.1 Å². The van der Waals surface area contributed by atoms with Gasteiger partial charge in [-0.1, -0.05) is 71.7 Å². The Morgan fingerprint density at radius 2 is 1.62 bits per heavy atom. The molecule has 0 radical (unpaired) electrons. The van der Waals surface area contributed by atoms with Crippen molar-refractivity contribution in [3.05, 3.63) is 93.5 Å². The summed E-state index contributed by atoms with van der Waals surface area (Å²) in [5.74, 6) is -0.947. The Labute approximate surface area is 236 Å². The van der Waals surface area contributed by atoms with Gasteiger partial charge >= 0.3 is 12.4 Å². The van der Waals surface area contributed by atoms with Crippen molar-refractivity contribution in [3.8, 4) is 5.75 Å². The molecule has 4 rings (SSSR count). The van der Waals surface area contributed by atoms with Gasteiger partial charge in [-0.25, -0.2) is 0 Å². The highest BCUT2D eigenvalue weighted by Crippen LogP contribution is 2.51. The van der Waals surface area contributed by atoms with Crippen LogP contribution in [0.5, 0.6) is 5.75 Å². The van der Waals surface area contributed by atoms with E-state index in [-0.39, 0.29) is 46.4 Å². The molecule has 3 aromatic carbocycles. The fourth-order valence-electron chi connectivity index (χ4n) is 4.65. The monoisotopic (exact) mass is 605 g/mol. The zero-order valence-electron chi connectivity index (χ0n) is 20.9. The van der Waals surface area contributed by atoms with Crippen molar-refractivity contribution in [2.24, 2.45) is 0 Å². The minimum absolute atomic E-state index is 0.0151. The average molecular weight is 606 g/mol. The Morgan fingerprint density at radius 3 is 2.25 bits per heavy atom. The maximum absolute atomic E-state index is 13.7. The van der Waals surface area contributed by atoms with Gasteiger partial charge in [0.05, 0.1) is 17.5 Å². The van der Waals surface area contributed by atoms with Crippen molar-refractivity contribution in [1.29, 1.82) is 0 Å². The molecule has 0 saturated heterocycles. The summed E-state index contributed by atoms with van der Waals surface area (Å²) in [5.41, 5.74) is -5.70. The molecule has 0 aromatic heterocycles. The number of rotatable bonds is 5. The minimum Gasteiger partial charge on any atom is -0.487 e. The molecule has 0 unspecified atom stereocenters. The number of benzene rings is 3. The highest BCUT2D eigenvalue weighted by molar-refractivity contribution is 6.42. The number of ether oxygens (including phenoxy) is 1. The lowest BCUT2D eigenvalue weighted by molar-refractivity contribution is -0.376. The van der Waals surface area contributed by atoms with Crippen LogP contribution in [0.25, 0.3) is 0 Å². The first-order valence-electron chi connectivity index (χ1n) is 12.1. The number of nitrogens with zero attached hydrogens (tertiary/aromatic N) is 1. The number of aliphatic hydroxyl groups is 1. The highest BCUT2D eigenvalue weighted by Gasteiger charge is 2.71. The number of carbonyl (C=O) groups excluding carboxylic acids is 1. The number of alkyl halides is 6. The molecule has 0 bridgehead atoms. The van der Waals surface area contributed by atoms with Crippen molar-refractivity contribution < 1.29 is 41.0 Å². The van der Waals surface area contributed by atoms with E-state index < -0.39 is 41.4 Å². The number of carbonyl (C=O) groups is 1. The molecule has 3 aromatic rings. The summed E-state index contributed by atoms with van der Waals surface area (Å²) in [5, 5.41) is 10.3. The van der Waals surface area contributed by atoms with Crippen LogP contribution in [0.1, 0.15) is 36.0 Å². The van der Waals surface area contributed by atoms with E-state index in [1.165, 1.54) is 4.90 Å². The number of anilines is 1. The largest absolute Gasteiger partial charge is 0.487 e. The number of hydrogen-bond donors (Lipinski definition) is 1. The number of amides is 1. The molecule has 1 amide bonds. The molecular formula is C28H23Cl2F6NO3. The Kier molecular flexibility index (Phi) is 8.36. The van der Waals surface area contributed by atoms with E-state index in [9.17, 15) is 36.2 Å². The van der Waals surface area contributed by atoms with Gasteiger partial charge in [0.25, 0.3) is 5.60 Å². The third-order valence-electron chi connectivity index (χ3n) is 6.88. The second kappa shape index (κ2) is 11.1. The van der Waals surface area contributed by atoms with Gasteiger partial charge in [0.2, 0.25) is 5.91 Å². The van der Waals surface area contributed by atoms with Crippen LogP contribution < -0.4 is 9.64 Å². The fourth-order valence-corrected chi connectivity index (χ4v) is 4.99. The SMILES string of the molecule is C[C@H](C(=O)N1C[C@@H](Oc2cccc(Cl)c2Cl)CCc2cc(C(O)(C(F)(F)F)C(F)(F)F)ccc21)c1ccccc1. The van der Waals surface area contributed by atoms with Crippen LogP contribution >= 0.6 is 23.2 Å². The number of fused-ring (bicyclic) bond motifs is 1. The van der Waals surface area contributed by atoms with E-state index in [0.717, 1.165) is 6.07 Å². The predicted molar refractivity (Wildman–Crippen MR) is 139 cm³/mol. The van der Waals surface area contributed by atoms with E-state index in [0.29, 0.717) is 17.7 Å². The molecule has 1 aliphatic rings. The van der Waals surface area contributed by atoms with E-state index in [4.69, 9.17) is 27.9 Å². The smallest absolute Gasteiger partial charge is 0.430 e. The average Bonchev–Trinajstić information content (AvgIpc) is 3.08. The molecule has 1 aliphatic heterocycles. The molecule has 0 spiro atoms. The Morgan fingerprint density at radius 1 is 0.975 bits per heavy atom. The van der Waals surface area contributed by atoms with Crippen molar-refractivity contribution in [1.82, 2.24) is 0 Å². The van der Waals surface area contributed by atoms with Gasteiger partial charge in [0, 0.05) is 11.3 Å². The van der Waals surface area contributed by atoms with Gasteiger partial charge in [-0.2, -0.15) is 26.3 Å². The van der Waals surface area contributed by atoms with Gasteiger partial charge in [-0.15, -0.1) is 0 Å². The molecule has 40 heavy (non-hydrogen) atoms. The van der Waals surface area contributed by atoms with E-state index in [2.05, 4.69) is 0 Å². The van der Waals surface area contributed by atoms with E-state index in [1.54, 1.807) is 55.5 Å². The quantitative estimate of drug-likeness (QED) is 0.301. The van der Waals surface area contributed by atoms with Crippen molar-refractivity contribution in [2.45, 2.75) is 49.7 Å². The predicted octanol–water partition coefficient (Wildman–Crippen LogP) is 7.84. The second-order valence-electron chi connectivity index (χ2n) is 9.46. The van der Waals surface area contributed by atoms with Crippen LogP contribution in [0.4, 0.5) is 32.0 Å². The van der Waals surface area contributed by atoms with E-state index in [1.807, 2.05) is 0 Å². The number of halogens is 8. The van der Waals surface area contributed by atoms with Gasteiger partial charge in [0.15, 0.2) is 0 Å². The lowest BCUT2D eigenvalue weighted by Crippen LogP contribution is -2.54. The van der Waals surface area contributed by atoms with Crippen LogP contribution in [0.15, 0.2) is 66.7 Å². The summed E-state index contributed by atoms with van der Waals surface area (Å²) in [6.07, 6.45) is -12.8. The molecule has 214 valence electrons. The Bertz CT molecular complexity index is 1370. The summed E-state index contributed by atoms with van der Waals surface area (Å²) >= 11 is 12.3. The van der Waals surface area contributed by atoms with Gasteiger partial charge in [-0.3, -0.25) is 4.79 Å². The maximum Gasteiger partial charge on any atom is 0.430 e. The summed E-state index contributed by atoms with van der Waals surface area (Å²) in [6.45, 7) is 1.57. The molecule has 1 heterocycles. The highest BCUT2D eigenvalue weighted by atomic mass is 35.5.